The van der Waals surface area contributed by atoms with Gasteiger partial charge in [-0.2, -0.15) is 0 Å². The zero-order valence-electron chi connectivity index (χ0n) is 13.7. The molecule has 1 amide bonds. The predicted molar refractivity (Wildman–Crippen MR) is 78.4 cm³/mol. The maximum atomic E-state index is 12.9. The number of hydrogen-bond donors (Lipinski definition) is 2. The number of aliphatic hydroxyl groups is 1. The monoisotopic (exact) mass is 403 g/mol. The van der Waals surface area contributed by atoms with Crippen LogP contribution in [0.2, 0.25) is 0 Å². The Bertz CT molecular complexity index is 670. The summed E-state index contributed by atoms with van der Waals surface area (Å²) in [6.07, 6.45) is -11.4. The van der Waals surface area contributed by atoms with Gasteiger partial charge in [0.15, 0.2) is 0 Å². The first kappa shape index (κ1) is 21.3. The average molecular weight is 403 g/mol. The summed E-state index contributed by atoms with van der Waals surface area (Å²) in [5.41, 5.74) is -2.03. The molecule has 1 aromatic carbocycles. The number of halogens is 7. The van der Waals surface area contributed by atoms with Gasteiger partial charge in [0, 0.05) is 19.3 Å². The van der Waals surface area contributed by atoms with Crippen LogP contribution in [0.15, 0.2) is 24.3 Å². The van der Waals surface area contributed by atoms with Gasteiger partial charge in [0.25, 0.3) is 5.92 Å². The van der Waals surface area contributed by atoms with Crippen molar-refractivity contribution in [3.05, 3.63) is 29.8 Å². The molecule has 1 fully saturated rings. The molecular formula is C16H16F7NO3. The lowest BCUT2D eigenvalue weighted by Crippen LogP contribution is -2.54. The van der Waals surface area contributed by atoms with Gasteiger partial charge in [0.05, 0.1) is 18.1 Å². The van der Waals surface area contributed by atoms with Gasteiger partial charge in [-0.25, -0.2) is 17.6 Å². The molecular weight excluding hydrogens is 387 g/mol. The standard InChI is InChI=1S/C16H16F7NO3/c17-12(18)5-11(9-2-1-3-10(4-9)27-16(21,22)23)24-13(25)6-14(26)7-15(19,20)8-14/h1-4,11-12,26H,5-8H2,(H,24,25)/t11-/m0/s1. The molecule has 0 saturated heterocycles. The third kappa shape index (κ3) is 6.56. The van der Waals surface area contributed by atoms with Crippen LogP contribution in [0.25, 0.3) is 0 Å². The number of ether oxygens (including phenoxy) is 1. The third-order valence-electron chi connectivity index (χ3n) is 3.91. The van der Waals surface area contributed by atoms with Crippen LogP contribution in [-0.4, -0.2) is 35.3 Å². The lowest BCUT2D eigenvalue weighted by Gasteiger charge is -2.42. The van der Waals surface area contributed by atoms with Crippen molar-refractivity contribution in [2.45, 2.75) is 56.0 Å². The molecule has 152 valence electrons. The van der Waals surface area contributed by atoms with Crippen molar-refractivity contribution in [2.24, 2.45) is 0 Å². The molecule has 27 heavy (non-hydrogen) atoms. The Morgan fingerprint density at radius 2 is 1.89 bits per heavy atom. The van der Waals surface area contributed by atoms with Gasteiger partial charge < -0.3 is 15.2 Å². The summed E-state index contributed by atoms with van der Waals surface area (Å²) in [6.45, 7) is 0. The zero-order valence-corrected chi connectivity index (χ0v) is 13.7. The van der Waals surface area contributed by atoms with Crippen molar-refractivity contribution in [1.29, 1.82) is 0 Å². The quantitative estimate of drug-likeness (QED) is 0.678. The molecule has 0 unspecified atom stereocenters. The lowest BCUT2D eigenvalue weighted by molar-refractivity contribution is -0.274. The fourth-order valence-electron chi connectivity index (χ4n) is 2.97. The molecule has 4 nitrogen and oxygen atoms in total. The van der Waals surface area contributed by atoms with Crippen LogP contribution in [0.3, 0.4) is 0 Å². The molecule has 0 spiro atoms. The normalized spacial score (nSPS) is 19.3. The van der Waals surface area contributed by atoms with Crippen molar-refractivity contribution in [1.82, 2.24) is 5.32 Å². The van der Waals surface area contributed by atoms with Crippen molar-refractivity contribution in [3.63, 3.8) is 0 Å². The molecule has 0 aliphatic heterocycles. The van der Waals surface area contributed by atoms with Crippen molar-refractivity contribution in [3.8, 4) is 5.75 Å². The minimum atomic E-state index is -4.99. The van der Waals surface area contributed by atoms with E-state index in [-0.39, 0.29) is 5.56 Å². The van der Waals surface area contributed by atoms with Crippen LogP contribution in [0.4, 0.5) is 30.7 Å². The molecule has 2 N–H and O–H groups in total. The van der Waals surface area contributed by atoms with E-state index in [9.17, 15) is 40.6 Å². The number of amides is 1. The van der Waals surface area contributed by atoms with Crippen LogP contribution in [0, 0.1) is 0 Å². The molecule has 1 aliphatic rings. The van der Waals surface area contributed by atoms with Gasteiger partial charge in [0.1, 0.15) is 5.75 Å². The zero-order chi connectivity index (χ0) is 20.5. The highest BCUT2D eigenvalue weighted by Crippen LogP contribution is 2.47. The average Bonchev–Trinajstić information content (AvgIpc) is 2.41. The van der Waals surface area contributed by atoms with Crippen LogP contribution in [-0.2, 0) is 4.79 Å². The molecule has 1 aliphatic carbocycles. The molecule has 0 aromatic heterocycles. The molecule has 0 bridgehead atoms. The maximum Gasteiger partial charge on any atom is 0.573 e. The van der Waals surface area contributed by atoms with Crippen LogP contribution in [0.5, 0.6) is 5.75 Å². The molecule has 1 atom stereocenters. The maximum absolute atomic E-state index is 12.9. The van der Waals surface area contributed by atoms with E-state index in [1.165, 1.54) is 6.07 Å². The van der Waals surface area contributed by atoms with E-state index < -0.39 is 67.7 Å². The van der Waals surface area contributed by atoms with Gasteiger partial charge in [-0.15, -0.1) is 13.2 Å². The van der Waals surface area contributed by atoms with Crippen molar-refractivity contribution < 1.29 is 45.4 Å². The largest absolute Gasteiger partial charge is 0.573 e. The highest BCUT2D eigenvalue weighted by atomic mass is 19.4. The molecule has 1 saturated carbocycles. The summed E-state index contributed by atoms with van der Waals surface area (Å²) in [4.78, 5) is 12.0. The number of carbonyl (C=O) groups excluding carboxylic acids is 1. The van der Waals surface area contributed by atoms with E-state index in [2.05, 4.69) is 10.1 Å². The molecule has 1 aromatic rings. The summed E-state index contributed by atoms with van der Waals surface area (Å²) in [6, 6.07) is 2.74. The predicted octanol–water partition coefficient (Wildman–Crippen LogP) is 3.95. The summed E-state index contributed by atoms with van der Waals surface area (Å²) >= 11 is 0. The fraction of sp³-hybridized carbons (Fsp3) is 0.562. The highest BCUT2D eigenvalue weighted by molar-refractivity contribution is 5.77. The second-order valence-corrected chi connectivity index (χ2v) is 6.48. The summed E-state index contributed by atoms with van der Waals surface area (Å²) in [5.74, 6) is -4.73. The summed E-state index contributed by atoms with van der Waals surface area (Å²) < 4.78 is 91.9. The Balaban J connectivity index is 2.09. The number of nitrogens with one attached hydrogen (secondary N) is 1. The van der Waals surface area contributed by atoms with Crippen LogP contribution >= 0.6 is 0 Å². The van der Waals surface area contributed by atoms with Crippen LogP contribution in [0.1, 0.15) is 37.3 Å². The molecule has 0 heterocycles. The van der Waals surface area contributed by atoms with E-state index >= 15 is 0 Å². The highest BCUT2D eigenvalue weighted by Gasteiger charge is 2.56. The second kappa shape index (κ2) is 7.53. The van der Waals surface area contributed by atoms with E-state index in [1.54, 1.807) is 0 Å². The van der Waals surface area contributed by atoms with Gasteiger partial charge >= 0.3 is 6.36 Å². The summed E-state index contributed by atoms with van der Waals surface area (Å²) in [5, 5.41) is 12.0. The van der Waals surface area contributed by atoms with E-state index in [0.29, 0.717) is 0 Å². The SMILES string of the molecule is O=C(CC1(O)CC(F)(F)C1)N[C@@H](CC(F)F)c1cccc(OC(F)(F)F)c1. The Hall–Kier alpha value is -2.04. The number of carbonyl (C=O) groups is 1. The Labute approximate surface area is 149 Å². The van der Waals surface area contributed by atoms with E-state index in [4.69, 9.17) is 0 Å². The van der Waals surface area contributed by atoms with E-state index in [0.717, 1.165) is 18.2 Å². The van der Waals surface area contributed by atoms with Gasteiger partial charge in [-0.1, -0.05) is 12.1 Å². The van der Waals surface area contributed by atoms with E-state index in [1.807, 2.05) is 0 Å². The first-order valence-electron chi connectivity index (χ1n) is 7.80. The number of rotatable bonds is 7. The van der Waals surface area contributed by atoms with Gasteiger partial charge in [0.2, 0.25) is 12.3 Å². The number of alkyl halides is 7. The minimum Gasteiger partial charge on any atom is -0.406 e. The molecule has 0 radical (unpaired) electrons. The first-order valence-corrected chi connectivity index (χ1v) is 7.80. The van der Waals surface area contributed by atoms with Gasteiger partial charge in [-0.05, 0) is 17.7 Å². The Kier molecular flexibility index (Phi) is 5.93. The third-order valence-corrected chi connectivity index (χ3v) is 3.91. The Morgan fingerprint density at radius 3 is 2.41 bits per heavy atom. The number of hydrogen-bond acceptors (Lipinski definition) is 3. The van der Waals surface area contributed by atoms with Gasteiger partial charge in [-0.3, -0.25) is 4.79 Å². The fourth-order valence-corrected chi connectivity index (χ4v) is 2.97. The number of benzene rings is 1. The second-order valence-electron chi connectivity index (χ2n) is 6.48. The first-order chi connectivity index (χ1) is 12.3. The molecule has 2 rings (SSSR count). The smallest absolute Gasteiger partial charge is 0.406 e. The van der Waals surface area contributed by atoms with Crippen molar-refractivity contribution in [2.75, 3.05) is 0 Å². The molecule has 11 heteroatoms. The summed E-state index contributed by atoms with van der Waals surface area (Å²) in [7, 11) is 0. The lowest BCUT2D eigenvalue weighted by atomic mass is 9.74. The minimum absolute atomic E-state index is 0.0867. The van der Waals surface area contributed by atoms with Crippen molar-refractivity contribution >= 4 is 5.91 Å². The Morgan fingerprint density at radius 1 is 1.26 bits per heavy atom. The van der Waals surface area contributed by atoms with Crippen LogP contribution < -0.4 is 10.1 Å². The topological polar surface area (TPSA) is 58.6 Å².